The third-order valence-corrected chi connectivity index (χ3v) is 4.97. The van der Waals surface area contributed by atoms with Gasteiger partial charge >= 0.3 is 0 Å². The summed E-state index contributed by atoms with van der Waals surface area (Å²) in [5.74, 6) is 0.941. The molecular formula is C14H12ClN3O2S2. The second-order valence-corrected chi connectivity index (χ2v) is 7.45. The molecule has 0 unspecified atom stereocenters. The molecule has 5 nitrogen and oxygen atoms in total. The van der Waals surface area contributed by atoms with Gasteiger partial charge in [0.15, 0.2) is 0 Å². The molecule has 1 N–H and O–H groups in total. The van der Waals surface area contributed by atoms with Gasteiger partial charge in [-0.25, -0.2) is 0 Å². The summed E-state index contributed by atoms with van der Waals surface area (Å²) < 4.78 is 6.22. The second-order valence-electron chi connectivity index (χ2n) is 4.82. The SMILES string of the molecule is CC(C)c1nnc(-c2sccc2NC(=O)c2ccc(Cl)s2)o1. The van der Waals surface area contributed by atoms with Crippen LogP contribution in [-0.4, -0.2) is 16.1 Å². The normalized spacial score (nSPS) is 11.1. The average Bonchev–Trinajstić information content (AvgIpc) is 3.17. The standard InChI is InChI=1S/C14H12ClN3O2S2/c1-7(2)13-17-18-14(20-13)11-8(5-6-21-11)16-12(19)9-3-4-10(15)22-9/h3-7H,1-2H3,(H,16,19). The molecule has 114 valence electrons. The highest BCUT2D eigenvalue weighted by Gasteiger charge is 2.18. The highest BCUT2D eigenvalue weighted by atomic mass is 35.5. The Balaban J connectivity index is 1.84. The van der Waals surface area contributed by atoms with Crippen LogP contribution in [0.3, 0.4) is 0 Å². The number of aromatic nitrogens is 2. The lowest BCUT2D eigenvalue weighted by Crippen LogP contribution is -2.09. The van der Waals surface area contributed by atoms with E-state index in [1.54, 1.807) is 12.1 Å². The first-order valence-corrected chi connectivity index (χ1v) is 8.60. The van der Waals surface area contributed by atoms with Crippen LogP contribution in [0.1, 0.15) is 35.3 Å². The highest BCUT2D eigenvalue weighted by molar-refractivity contribution is 7.18. The maximum absolute atomic E-state index is 12.2. The van der Waals surface area contributed by atoms with Crippen LogP contribution < -0.4 is 5.32 Å². The Morgan fingerprint density at radius 2 is 2.14 bits per heavy atom. The van der Waals surface area contributed by atoms with Gasteiger partial charge in [-0.2, -0.15) is 0 Å². The maximum atomic E-state index is 12.2. The van der Waals surface area contributed by atoms with Crippen LogP contribution in [0.5, 0.6) is 0 Å². The number of carbonyl (C=O) groups excluding carboxylic acids is 1. The van der Waals surface area contributed by atoms with Crippen LogP contribution in [0.2, 0.25) is 4.34 Å². The Bertz CT molecular complexity index is 806. The minimum absolute atomic E-state index is 0.160. The molecule has 8 heteroatoms. The summed E-state index contributed by atoms with van der Waals surface area (Å²) in [7, 11) is 0. The summed E-state index contributed by atoms with van der Waals surface area (Å²) in [6.45, 7) is 3.96. The van der Waals surface area contributed by atoms with Crippen molar-refractivity contribution in [2.75, 3.05) is 5.32 Å². The number of rotatable bonds is 4. The molecule has 1 amide bonds. The molecular weight excluding hydrogens is 342 g/mol. The number of halogens is 1. The predicted octanol–water partition coefficient (Wildman–Crippen LogP) is 4.89. The molecule has 0 aromatic carbocycles. The van der Waals surface area contributed by atoms with Crippen molar-refractivity contribution >= 4 is 45.9 Å². The van der Waals surface area contributed by atoms with Crippen LogP contribution in [0, 0.1) is 0 Å². The van der Waals surface area contributed by atoms with Crippen molar-refractivity contribution < 1.29 is 9.21 Å². The number of nitrogens with zero attached hydrogens (tertiary/aromatic N) is 2. The Hall–Kier alpha value is -1.70. The zero-order chi connectivity index (χ0) is 15.7. The maximum Gasteiger partial charge on any atom is 0.265 e. The molecule has 0 atom stereocenters. The average molecular weight is 354 g/mol. The summed E-state index contributed by atoms with van der Waals surface area (Å²) >= 11 is 8.52. The summed E-state index contributed by atoms with van der Waals surface area (Å²) in [5, 5.41) is 12.8. The van der Waals surface area contributed by atoms with Gasteiger partial charge in [0, 0.05) is 5.92 Å². The van der Waals surface area contributed by atoms with E-state index in [0.717, 1.165) is 4.88 Å². The lowest BCUT2D eigenvalue weighted by atomic mass is 10.2. The van der Waals surface area contributed by atoms with Crippen molar-refractivity contribution in [1.29, 1.82) is 0 Å². The van der Waals surface area contributed by atoms with Gasteiger partial charge in [0.2, 0.25) is 5.89 Å². The van der Waals surface area contributed by atoms with E-state index >= 15 is 0 Å². The number of anilines is 1. The van der Waals surface area contributed by atoms with E-state index in [1.165, 1.54) is 22.7 Å². The van der Waals surface area contributed by atoms with Gasteiger partial charge in [-0.15, -0.1) is 32.9 Å². The monoisotopic (exact) mass is 353 g/mol. The van der Waals surface area contributed by atoms with Gasteiger partial charge < -0.3 is 9.73 Å². The number of thiophene rings is 2. The van der Waals surface area contributed by atoms with Crippen molar-refractivity contribution in [3.63, 3.8) is 0 Å². The summed E-state index contributed by atoms with van der Waals surface area (Å²) in [5.41, 5.74) is 0.651. The summed E-state index contributed by atoms with van der Waals surface area (Å²) in [6.07, 6.45) is 0. The van der Waals surface area contributed by atoms with Gasteiger partial charge in [-0.1, -0.05) is 25.4 Å². The number of nitrogens with one attached hydrogen (secondary N) is 1. The van der Waals surface area contributed by atoms with Crippen LogP contribution in [-0.2, 0) is 0 Å². The molecule has 3 aromatic rings. The lowest BCUT2D eigenvalue weighted by Gasteiger charge is -2.02. The van der Waals surface area contributed by atoms with Gasteiger partial charge in [0.1, 0.15) is 4.88 Å². The van der Waals surface area contributed by atoms with E-state index in [9.17, 15) is 4.79 Å². The molecule has 0 bridgehead atoms. The molecule has 0 fully saturated rings. The minimum atomic E-state index is -0.208. The van der Waals surface area contributed by atoms with E-state index in [-0.39, 0.29) is 11.8 Å². The quantitative estimate of drug-likeness (QED) is 0.725. The van der Waals surface area contributed by atoms with Crippen molar-refractivity contribution in [2.24, 2.45) is 0 Å². The molecule has 0 radical (unpaired) electrons. The van der Waals surface area contributed by atoms with E-state index in [2.05, 4.69) is 15.5 Å². The predicted molar refractivity (Wildman–Crippen MR) is 89.0 cm³/mol. The molecule has 22 heavy (non-hydrogen) atoms. The first-order chi connectivity index (χ1) is 10.5. The smallest absolute Gasteiger partial charge is 0.265 e. The summed E-state index contributed by atoms with van der Waals surface area (Å²) in [4.78, 5) is 13.5. The molecule has 0 saturated heterocycles. The van der Waals surface area contributed by atoms with Crippen LogP contribution >= 0.6 is 34.3 Å². The number of hydrogen-bond acceptors (Lipinski definition) is 6. The Morgan fingerprint density at radius 1 is 1.32 bits per heavy atom. The van der Waals surface area contributed by atoms with E-state index in [4.69, 9.17) is 16.0 Å². The zero-order valence-electron chi connectivity index (χ0n) is 11.8. The third kappa shape index (κ3) is 3.06. The van der Waals surface area contributed by atoms with Crippen molar-refractivity contribution in [3.8, 4) is 10.8 Å². The van der Waals surface area contributed by atoms with Crippen molar-refractivity contribution in [1.82, 2.24) is 10.2 Å². The molecule has 0 aliphatic carbocycles. The van der Waals surface area contributed by atoms with Crippen molar-refractivity contribution in [2.45, 2.75) is 19.8 Å². The van der Waals surface area contributed by atoms with Crippen LogP contribution in [0.25, 0.3) is 10.8 Å². The van der Waals surface area contributed by atoms with Gasteiger partial charge in [-0.3, -0.25) is 4.79 Å². The number of amides is 1. The largest absolute Gasteiger partial charge is 0.420 e. The van der Waals surface area contributed by atoms with Gasteiger partial charge in [0.05, 0.1) is 14.9 Å². The van der Waals surface area contributed by atoms with E-state index in [0.29, 0.717) is 26.7 Å². The van der Waals surface area contributed by atoms with Crippen LogP contribution in [0.15, 0.2) is 28.0 Å². The van der Waals surface area contributed by atoms with E-state index in [1.807, 2.05) is 25.3 Å². The fourth-order valence-electron chi connectivity index (χ4n) is 1.75. The Kier molecular flexibility index (Phi) is 4.28. The van der Waals surface area contributed by atoms with Gasteiger partial charge in [0.25, 0.3) is 11.8 Å². The third-order valence-electron chi connectivity index (χ3n) is 2.84. The zero-order valence-corrected chi connectivity index (χ0v) is 14.2. The molecule has 3 heterocycles. The highest BCUT2D eigenvalue weighted by Crippen LogP contribution is 2.34. The van der Waals surface area contributed by atoms with Gasteiger partial charge in [-0.05, 0) is 23.6 Å². The molecule has 0 aliphatic heterocycles. The minimum Gasteiger partial charge on any atom is -0.420 e. The Morgan fingerprint density at radius 3 is 2.77 bits per heavy atom. The number of carbonyl (C=O) groups is 1. The lowest BCUT2D eigenvalue weighted by molar-refractivity contribution is 0.103. The molecule has 3 rings (SSSR count). The molecule has 0 saturated carbocycles. The topological polar surface area (TPSA) is 68.0 Å². The van der Waals surface area contributed by atoms with E-state index < -0.39 is 0 Å². The molecule has 3 aromatic heterocycles. The number of hydrogen-bond donors (Lipinski definition) is 1. The van der Waals surface area contributed by atoms with Crippen molar-refractivity contribution in [3.05, 3.63) is 38.7 Å². The molecule has 0 spiro atoms. The summed E-state index contributed by atoms with van der Waals surface area (Å²) in [6, 6.07) is 5.20. The first-order valence-electron chi connectivity index (χ1n) is 6.52. The first kappa shape index (κ1) is 15.2. The Labute approximate surface area is 140 Å². The fraction of sp³-hybridized carbons (Fsp3) is 0.214. The van der Waals surface area contributed by atoms with Crippen LogP contribution in [0.4, 0.5) is 5.69 Å². The molecule has 0 aliphatic rings. The fourth-order valence-corrected chi connectivity index (χ4v) is 3.46. The second kappa shape index (κ2) is 6.20.